The third-order valence-electron chi connectivity index (χ3n) is 2.82. The number of rotatable bonds is 8. The first-order chi connectivity index (χ1) is 10.2. The molecule has 112 valence electrons. The van der Waals surface area contributed by atoms with E-state index < -0.39 is 5.97 Å². The van der Waals surface area contributed by atoms with Crippen LogP contribution >= 0.6 is 0 Å². The number of methoxy groups -OCH3 is 1. The Morgan fingerprint density at radius 3 is 2.81 bits per heavy atom. The van der Waals surface area contributed by atoms with E-state index in [1.807, 2.05) is 30.3 Å². The molecule has 0 fully saturated rings. The highest BCUT2D eigenvalue weighted by Gasteiger charge is 2.15. The van der Waals surface area contributed by atoms with Crippen LogP contribution in [0.25, 0.3) is 11.5 Å². The molecule has 0 saturated heterocycles. The third-order valence-corrected chi connectivity index (χ3v) is 2.82. The lowest BCUT2D eigenvalue weighted by Gasteiger charge is -2.17. The molecule has 2 rings (SSSR count). The van der Waals surface area contributed by atoms with Crippen LogP contribution in [0.4, 0.5) is 0 Å². The van der Waals surface area contributed by atoms with Gasteiger partial charge in [0, 0.05) is 19.2 Å². The van der Waals surface area contributed by atoms with E-state index in [9.17, 15) is 4.79 Å². The maximum atomic E-state index is 10.8. The Hall–Kier alpha value is -2.25. The predicted molar refractivity (Wildman–Crippen MR) is 74.5 cm³/mol. The monoisotopic (exact) mass is 291 g/mol. The van der Waals surface area contributed by atoms with E-state index in [1.165, 1.54) is 0 Å². The van der Waals surface area contributed by atoms with Crippen LogP contribution in [0.1, 0.15) is 5.82 Å². The Balaban J connectivity index is 2.03. The first kappa shape index (κ1) is 15.1. The number of carboxylic acids is 1. The molecule has 0 aliphatic rings. The average molecular weight is 291 g/mol. The lowest BCUT2D eigenvalue weighted by molar-refractivity contribution is -0.138. The zero-order chi connectivity index (χ0) is 15.1. The number of aromatic nitrogens is 2. The van der Waals surface area contributed by atoms with Crippen molar-refractivity contribution in [1.82, 2.24) is 15.0 Å². The number of carboxylic acid groups (broad SMARTS) is 1. The Labute approximate surface area is 122 Å². The highest BCUT2D eigenvalue weighted by Crippen LogP contribution is 2.16. The number of hydrogen-bond acceptors (Lipinski definition) is 6. The largest absolute Gasteiger partial charge is 0.480 e. The summed E-state index contributed by atoms with van der Waals surface area (Å²) in [5, 5.41) is 12.8. The summed E-state index contributed by atoms with van der Waals surface area (Å²) in [7, 11) is 1.57. The first-order valence-electron chi connectivity index (χ1n) is 6.50. The molecule has 21 heavy (non-hydrogen) atoms. The molecule has 0 amide bonds. The topological polar surface area (TPSA) is 88.7 Å². The summed E-state index contributed by atoms with van der Waals surface area (Å²) in [5.74, 6) is -0.0308. The van der Waals surface area contributed by atoms with Gasteiger partial charge in [0.25, 0.3) is 5.89 Å². The molecule has 0 spiro atoms. The normalized spacial score (nSPS) is 11.0. The number of ether oxygens (including phenoxy) is 1. The summed E-state index contributed by atoms with van der Waals surface area (Å²) >= 11 is 0. The van der Waals surface area contributed by atoms with Crippen molar-refractivity contribution in [3.05, 3.63) is 36.2 Å². The smallest absolute Gasteiger partial charge is 0.317 e. The van der Waals surface area contributed by atoms with Gasteiger partial charge in [-0.2, -0.15) is 4.98 Å². The Bertz CT molecular complexity index is 571. The van der Waals surface area contributed by atoms with Gasteiger partial charge in [0.15, 0.2) is 5.82 Å². The van der Waals surface area contributed by atoms with E-state index in [0.717, 1.165) is 5.56 Å². The van der Waals surface area contributed by atoms with Crippen LogP contribution in [0.2, 0.25) is 0 Å². The molecular weight excluding hydrogens is 274 g/mol. The lowest BCUT2D eigenvalue weighted by Crippen LogP contribution is -2.32. The number of hydrogen-bond donors (Lipinski definition) is 1. The highest BCUT2D eigenvalue weighted by atomic mass is 16.5. The summed E-state index contributed by atoms with van der Waals surface area (Å²) in [4.78, 5) is 16.8. The summed E-state index contributed by atoms with van der Waals surface area (Å²) < 4.78 is 10.2. The lowest BCUT2D eigenvalue weighted by atomic mass is 10.2. The fraction of sp³-hybridized carbons (Fsp3) is 0.357. The van der Waals surface area contributed by atoms with Gasteiger partial charge in [0.1, 0.15) is 0 Å². The maximum Gasteiger partial charge on any atom is 0.317 e. The number of carbonyl (C=O) groups is 1. The molecule has 0 saturated carbocycles. The molecule has 0 atom stereocenters. The molecule has 0 aliphatic carbocycles. The average Bonchev–Trinajstić information content (AvgIpc) is 2.93. The molecular formula is C14H17N3O4. The van der Waals surface area contributed by atoms with E-state index in [-0.39, 0.29) is 6.54 Å². The molecule has 7 nitrogen and oxygen atoms in total. The zero-order valence-corrected chi connectivity index (χ0v) is 11.7. The highest BCUT2D eigenvalue weighted by molar-refractivity contribution is 5.69. The second-order valence-electron chi connectivity index (χ2n) is 4.48. The van der Waals surface area contributed by atoms with Gasteiger partial charge in [0.2, 0.25) is 0 Å². The van der Waals surface area contributed by atoms with Crippen molar-refractivity contribution in [2.45, 2.75) is 6.54 Å². The van der Waals surface area contributed by atoms with Crippen molar-refractivity contribution in [3.8, 4) is 11.5 Å². The van der Waals surface area contributed by atoms with Gasteiger partial charge in [-0.15, -0.1) is 0 Å². The molecule has 1 aromatic heterocycles. The van der Waals surface area contributed by atoms with Crippen LogP contribution in [0.3, 0.4) is 0 Å². The number of benzene rings is 1. The third kappa shape index (κ3) is 4.66. The van der Waals surface area contributed by atoms with Crippen LogP contribution in [0.15, 0.2) is 34.9 Å². The Morgan fingerprint density at radius 2 is 2.14 bits per heavy atom. The molecule has 1 aromatic carbocycles. The molecule has 1 N–H and O–H groups in total. The fourth-order valence-corrected chi connectivity index (χ4v) is 1.84. The van der Waals surface area contributed by atoms with Crippen molar-refractivity contribution in [1.29, 1.82) is 0 Å². The van der Waals surface area contributed by atoms with Gasteiger partial charge in [-0.1, -0.05) is 23.4 Å². The van der Waals surface area contributed by atoms with Crippen molar-refractivity contribution >= 4 is 5.97 Å². The second kappa shape index (κ2) is 7.51. The molecule has 0 bridgehead atoms. The van der Waals surface area contributed by atoms with E-state index in [0.29, 0.717) is 31.4 Å². The van der Waals surface area contributed by atoms with Crippen molar-refractivity contribution in [2.24, 2.45) is 0 Å². The fourth-order valence-electron chi connectivity index (χ4n) is 1.84. The summed E-state index contributed by atoms with van der Waals surface area (Å²) in [5.41, 5.74) is 0.831. The first-order valence-corrected chi connectivity index (χ1v) is 6.50. The van der Waals surface area contributed by atoms with Crippen LogP contribution in [-0.4, -0.2) is 52.9 Å². The molecule has 0 unspecified atom stereocenters. The molecule has 1 heterocycles. The molecule has 2 aromatic rings. The quantitative estimate of drug-likeness (QED) is 0.783. The second-order valence-corrected chi connectivity index (χ2v) is 4.48. The van der Waals surface area contributed by atoms with E-state index in [4.69, 9.17) is 14.4 Å². The Morgan fingerprint density at radius 1 is 1.38 bits per heavy atom. The molecule has 7 heteroatoms. The Kier molecular flexibility index (Phi) is 5.42. The van der Waals surface area contributed by atoms with Gasteiger partial charge in [0.05, 0.1) is 19.7 Å². The van der Waals surface area contributed by atoms with Gasteiger partial charge in [-0.05, 0) is 12.1 Å². The van der Waals surface area contributed by atoms with Crippen molar-refractivity contribution in [2.75, 3.05) is 26.8 Å². The zero-order valence-electron chi connectivity index (χ0n) is 11.7. The van der Waals surface area contributed by atoms with Gasteiger partial charge >= 0.3 is 5.97 Å². The van der Waals surface area contributed by atoms with Crippen LogP contribution in [0, 0.1) is 0 Å². The number of nitrogens with zero attached hydrogens (tertiary/aromatic N) is 3. The minimum Gasteiger partial charge on any atom is -0.480 e. The van der Waals surface area contributed by atoms with Crippen molar-refractivity contribution in [3.63, 3.8) is 0 Å². The standard InChI is InChI=1S/C14H17N3O4/c1-20-8-7-17(10-13(18)19)9-12-15-14(21-16-12)11-5-3-2-4-6-11/h2-6H,7-10H2,1H3,(H,18,19). The van der Waals surface area contributed by atoms with Crippen LogP contribution in [-0.2, 0) is 16.1 Å². The summed E-state index contributed by atoms with van der Waals surface area (Å²) in [6.07, 6.45) is 0. The van der Waals surface area contributed by atoms with Gasteiger partial charge < -0.3 is 14.4 Å². The number of aliphatic carboxylic acids is 1. The predicted octanol–water partition coefficient (Wildman–Crippen LogP) is 1.27. The summed E-state index contributed by atoms with van der Waals surface area (Å²) in [6, 6.07) is 9.41. The minimum absolute atomic E-state index is 0.0986. The van der Waals surface area contributed by atoms with Crippen molar-refractivity contribution < 1.29 is 19.2 Å². The van der Waals surface area contributed by atoms with E-state index >= 15 is 0 Å². The van der Waals surface area contributed by atoms with Crippen LogP contribution in [0.5, 0.6) is 0 Å². The van der Waals surface area contributed by atoms with Crippen LogP contribution < -0.4 is 0 Å². The maximum absolute atomic E-state index is 10.8. The molecule has 0 radical (unpaired) electrons. The van der Waals surface area contributed by atoms with E-state index in [2.05, 4.69) is 10.1 Å². The van der Waals surface area contributed by atoms with Gasteiger partial charge in [-0.25, -0.2) is 0 Å². The minimum atomic E-state index is -0.905. The molecule has 0 aliphatic heterocycles. The van der Waals surface area contributed by atoms with Gasteiger partial charge in [-0.3, -0.25) is 9.69 Å². The SMILES string of the molecule is COCCN(CC(=O)O)Cc1noc(-c2ccccc2)n1. The van der Waals surface area contributed by atoms with E-state index in [1.54, 1.807) is 12.0 Å². The summed E-state index contributed by atoms with van der Waals surface area (Å²) in [6.45, 7) is 1.12.